The Hall–Kier alpha value is -1.85. The van der Waals surface area contributed by atoms with Crippen molar-refractivity contribution in [2.45, 2.75) is 19.4 Å². The molecule has 0 aliphatic rings. The van der Waals surface area contributed by atoms with Crippen LogP contribution in [0.3, 0.4) is 0 Å². The quantitative estimate of drug-likeness (QED) is 0.908. The molecule has 0 spiro atoms. The van der Waals surface area contributed by atoms with Gasteiger partial charge in [0.15, 0.2) is 11.5 Å². The molecule has 106 valence electrons. The Morgan fingerprint density at radius 2 is 2.05 bits per heavy atom. The fourth-order valence-corrected chi connectivity index (χ4v) is 1.65. The molecule has 1 heterocycles. The third kappa shape index (κ3) is 3.82. The van der Waals surface area contributed by atoms with Crippen molar-refractivity contribution in [1.82, 2.24) is 10.5 Å². The predicted molar refractivity (Wildman–Crippen MR) is 75.6 cm³/mol. The fraction of sp³-hybridized carbons (Fsp3) is 0.286. The smallest absolute Gasteiger partial charge is 0.273 e. The Morgan fingerprint density at radius 1 is 1.40 bits per heavy atom. The van der Waals surface area contributed by atoms with Crippen LogP contribution in [0.2, 0.25) is 5.02 Å². The summed E-state index contributed by atoms with van der Waals surface area (Å²) >= 11 is 5.80. The van der Waals surface area contributed by atoms with Gasteiger partial charge < -0.3 is 14.9 Å². The first-order valence-corrected chi connectivity index (χ1v) is 6.46. The van der Waals surface area contributed by atoms with Crippen LogP contribution in [0.1, 0.15) is 24.3 Å². The highest BCUT2D eigenvalue weighted by Gasteiger charge is 2.17. The van der Waals surface area contributed by atoms with Gasteiger partial charge in [0.05, 0.1) is 5.60 Å². The average molecular weight is 295 g/mol. The molecule has 6 heteroatoms. The number of nitrogens with zero attached hydrogens (tertiary/aromatic N) is 1. The van der Waals surface area contributed by atoms with E-state index in [9.17, 15) is 9.90 Å². The molecule has 0 atom stereocenters. The molecule has 2 aromatic rings. The van der Waals surface area contributed by atoms with Crippen LogP contribution in [-0.4, -0.2) is 28.3 Å². The van der Waals surface area contributed by atoms with Gasteiger partial charge in [0.2, 0.25) is 0 Å². The van der Waals surface area contributed by atoms with Gasteiger partial charge >= 0.3 is 0 Å². The number of amides is 1. The lowest BCUT2D eigenvalue weighted by Gasteiger charge is -2.16. The lowest BCUT2D eigenvalue weighted by Crippen LogP contribution is -2.38. The van der Waals surface area contributed by atoms with Crippen molar-refractivity contribution < 1.29 is 14.4 Å². The Labute approximate surface area is 121 Å². The molecule has 20 heavy (non-hydrogen) atoms. The van der Waals surface area contributed by atoms with Crippen molar-refractivity contribution in [3.63, 3.8) is 0 Å². The number of aromatic nitrogens is 1. The van der Waals surface area contributed by atoms with Gasteiger partial charge in [-0.2, -0.15) is 0 Å². The Morgan fingerprint density at radius 3 is 2.65 bits per heavy atom. The Kier molecular flexibility index (Phi) is 4.11. The molecular formula is C14H15ClN2O3. The molecule has 1 aromatic carbocycles. The highest BCUT2D eigenvalue weighted by Crippen LogP contribution is 2.22. The number of halogens is 1. The number of benzene rings is 1. The second-order valence-electron chi connectivity index (χ2n) is 5.08. The summed E-state index contributed by atoms with van der Waals surface area (Å²) in [6.45, 7) is 3.35. The van der Waals surface area contributed by atoms with E-state index in [1.807, 2.05) is 0 Å². The molecule has 0 radical (unpaired) electrons. The van der Waals surface area contributed by atoms with Crippen molar-refractivity contribution >= 4 is 17.5 Å². The van der Waals surface area contributed by atoms with E-state index in [4.69, 9.17) is 16.1 Å². The zero-order valence-electron chi connectivity index (χ0n) is 11.2. The third-order valence-electron chi connectivity index (χ3n) is 2.55. The average Bonchev–Trinajstić information content (AvgIpc) is 2.85. The molecule has 0 saturated heterocycles. The number of carbonyl (C=O) groups excluding carboxylic acids is 1. The molecular weight excluding hydrogens is 280 g/mol. The van der Waals surface area contributed by atoms with E-state index in [-0.39, 0.29) is 12.2 Å². The summed E-state index contributed by atoms with van der Waals surface area (Å²) in [6.07, 6.45) is 0. The number of carbonyl (C=O) groups is 1. The van der Waals surface area contributed by atoms with Crippen LogP contribution in [0.15, 0.2) is 34.9 Å². The summed E-state index contributed by atoms with van der Waals surface area (Å²) in [7, 11) is 0. The maximum Gasteiger partial charge on any atom is 0.273 e. The third-order valence-corrected chi connectivity index (χ3v) is 2.81. The van der Waals surface area contributed by atoms with E-state index in [1.54, 1.807) is 44.2 Å². The summed E-state index contributed by atoms with van der Waals surface area (Å²) < 4.78 is 5.13. The first-order chi connectivity index (χ1) is 9.35. The predicted octanol–water partition coefficient (Wildman–Crippen LogP) is 2.50. The van der Waals surface area contributed by atoms with Crippen molar-refractivity contribution in [2.75, 3.05) is 6.54 Å². The highest BCUT2D eigenvalue weighted by atomic mass is 35.5. The SMILES string of the molecule is CC(C)(O)CNC(=O)c1cc(-c2ccc(Cl)cc2)on1. The molecule has 0 bridgehead atoms. The molecule has 1 aromatic heterocycles. The summed E-state index contributed by atoms with van der Waals surface area (Å²) in [6, 6.07) is 8.56. The molecule has 2 N–H and O–H groups in total. The molecule has 0 aliphatic heterocycles. The largest absolute Gasteiger partial charge is 0.389 e. The maximum absolute atomic E-state index is 11.8. The van der Waals surface area contributed by atoms with Gasteiger partial charge in [0, 0.05) is 23.2 Å². The van der Waals surface area contributed by atoms with E-state index < -0.39 is 11.5 Å². The summed E-state index contributed by atoms with van der Waals surface area (Å²) in [5.74, 6) is 0.0890. The van der Waals surface area contributed by atoms with E-state index >= 15 is 0 Å². The van der Waals surface area contributed by atoms with Crippen LogP contribution >= 0.6 is 11.6 Å². The summed E-state index contributed by atoms with van der Waals surface area (Å²) in [5.41, 5.74) is -0.0269. The zero-order chi connectivity index (χ0) is 14.8. The lowest BCUT2D eigenvalue weighted by atomic mass is 10.1. The topological polar surface area (TPSA) is 75.4 Å². The molecule has 1 amide bonds. The minimum Gasteiger partial charge on any atom is -0.389 e. The number of hydrogen-bond donors (Lipinski definition) is 2. The number of rotatable bonds is 4. The van der Waals surface area contributed by atoms with Gasteiger partial charge in [-0.3, -0.25) is 4.79 Å². The zero-order valence-corrected chi connectivity index (χ0v) is 11.9. The Balaban J connectivity index is 2.09. The van der Waals surface area contributed by atoms with Crippen LogP contribution < -0.4 is 5.32 Å². The number of aliphatic hydroxyl groups is 1. The first-order valence-electron chi connectivity index (χ1n) is 6.08. The van der Waals surface area contributed by atoms with Gasteiger partial charge in [0.1, 0.15) is 0 Å². The van der Waals surface area contributed by atoms with Crippen LogP contribution in [0.4, 0.5) is 0 Å². The molecule has 0 fully saturated rings. The molecule has 0 unspecified atom stereocenters. The second-order valence-corrected chi connectivity index (χ2v) is 5.51. The van der Waals surface area contributed by atoms with Crippen molar-refractivity contribution in [3.8, 4) is 11.3 Å². The number of hydrogen-bond acceptors (Lipinski definition) is 4. The fourth-order valence-electron chi connectivity index (χ4n) is 1.52. The van der Waals surface area contributed by atoms with Gasteiger partial charge in [-0.25, -0.2) is 0 Å². The molecule has 0 aliphatic carbocycles. The summed E-state index contributed by atoms with van der Waals surface area (Å²) in [5, 5.41) is 16.5. The van der Waals surface area contributed by atoms with Crippen LogP contribution in [0.5, 0.6) is 0 Å². The van der Waals surface area contributed by atoms with Gasteiger partial charge in [0.25, 0.3) is 5.91 Å². The minimum atomic E-state index is -0.974. The standard InChI is InChI=1S/C14H15ClN2O3/c1-14(2,19)8-16-13(18)11-7-12(20-17-11)9-3-5-10(15)6-4-9/h3-7,19H,8H2,1-2H3,(H,16,18). The monoisotopic (exact) mass is 294 g/mol. The molecule has 2 rings (SSSR count). The normalized spacial score (nSPS) is 11.4. The highest BCUT2D eigenvalue weighted by molar-refractivity contribution is 6.30. The minimum absolute atomic E-state index is 0.134. The van der Waals surface area contributed by atoms with Crippen molar-refractivity contribution in [2.24, 2.45) is 0 Å². The van der Waals surface area contributed by atoms with Gasteiger partial charge in [-0.1, -0.05) is 16.8 Å². The van der Waals surface area contributed by atoms with Gasteiger partial charge in [-0.15, -0.1) is 0 Å². The maximum atomic E-state index is 11.8. The number of nitrogens with one attached hydrogen (secondary N) is 1. The molecule has 0 saturated carbocycles. The van der Waals surface area contributed by atoms with E-state index in [1.165, 1.54) is 0 Å². The summed E-state index contributed by atoms with van der Waals surface area (Å²) in [4.78, 5) is 11.8. The Bertz CT molecular complexity index is 600. The van der Waals surface area contributed by atoms with Crippen LogP contribution in [0, 0.1) is 0 Å². The second kappa shape index (κ2) is 5.64. The van der Waals surface area contributed by atoms with Crippen LogP contribution in [-0.2, 0) is 0 Å². The first kappa shape index (κ1) is 14.6. The van der Waals surface area contributed by atoms with Crippen molar-refractivity contribution in [3.05, 3.63) is 41.0 Å². The van der Waals surface area contributed by atoms with Crippen molar-refractivity contribution in [1.29, 1.82) is 0 Å². The van der Waals surface area contributed by atoms with E-state index in [2.05, 4.69) is 10.5 Å². The van der Waals surface area contributed by atoms with Crippen LogP contribution in [0.25, 0.3) is 11.3 Å². The van der Waals surface area contributed by atoms with Gasteiger partial charge in [-0.05, 0) is 38.1 Å². The van der Waals surface area contributed by atoms with E-state index in [0.717, 1.165) is 5.56 Å². The lowest BCUT2D eigenvalue weighted by molar-refractivity contribution is 0.0690. The van der Waals surface area contributed by atoms with E-state index in [0.29, 0.717) is 10.8 Å². The molecule has 5 nitrogen and oxygen atoms in total.